The van der Waals surface area contributed by atoms with E-state index in [1.807, 2.05) is 13.0 Å². The predicted octanol–water partition coefficient (Wildman–Crippen LogP) is 5.79. The number of nitrogens with zero attached hydrogens (tertiary/aromatic N) is 1. The molecular formula is C24H19Cl2NO5S. The van der Waals surface area contributed by atoms with E-state index in [0.29, 0.717) is 27.9 Å². The summed E-state index contributed by atoms with van der Waals surface area (Å²) in [6.45, 7) is 1.86. The molecule has 6 nitrogen and oxygen atoms in total. The van der Waals surface area contributed by atoms with E-state index in [-0.39, 0.29) is 26.9 Å². The second-order valence-corrected chi connectivity index (χ2v) is 10.0. The van der Waals surface area contributed by atoms with Crippen molar-refractivity contribution < 1.29 is 23.1 Å². The van der Waals surface area contributed by atoms with E-state index >= 15 is 0 Å². The standard InChI is InChI=1S/C24H19Cl2NO5S/c1-14-10-16(32-2)13-22-19(14)11-15(27(22)33(30,31)17-6-4-3-5-7-17)12-20-21(25)9-8-18(23(20)26)24(28)29/h3-11,13H,12H2,1-2H3,(H,28,29). The van der Waals surface area contributed by atoms with Crippen molar-refractivity contribution in [1.82, 2.24) is 3.97 Å². The number of fused-ring (bicyclic) bond motifs is 1. The number of methoxy groups -OCH3 is 1. The van der Waals surface area contributed by atoms with Crippen LogP contribution >= 0.6 is 23.2 Å². The topological polar surface area (TPSA) is 85.6 Å². The van der Waals surface area contributed by atoms with Gasteiger partial charge in [0, 0.05) is 28.6 Å². The Bertz CT molecular complexity index is 1490. The van der Waals surface area contributed by atoms with Crippen molar-refractivity contribution in [2.75, 3.05) is 7.11 Å². The molecule has 0 atom stereocenters. The molecule has 0 fully saturated rings. The summed E-state index contributed by atoms with van der Waals surface area (Å²) in [5.74, 6) is -0.686. The Balaban J connectivity index is 2.03. The number of hydrogen-bond donors (Lipinski definition) is 1. The molecule has 0 saturated carbocycles. The summed E-state index contributed by atoms with van der Waals surface area (Å²) in [4.78, 5) is 11.7. The van der Waals surface area contributed by atoms with E-state index in [1.54, 1.807) is 30.3 Å². The number of hydrogen-bond acceptors (Lipinski definition) is 4. The zero-order valence-corrected chi connectivity index (χ0v) is 20.0. The minimum atomic E-state index is -4.01. The minimum absolute atomic E-state index is 0.00128. The number of aromatic carboxylic acids is 1. The normalized spacial score (nSPS) is 11.6. The molecule has 0 unspecified atom stereocenters. The van der Waals surface area contributed by atoms with Gasteiger partial charge in [-0.15, -0.1) is 0 Å². The van der Waals surface area contributed by atoms with Gasteiger partial charge in [-0.25, -0.2) is 17.2 Å². The van der Waals surface area contributed by atoms with E-state index in [2.05, 4.69) is 0 Å². The third-order valence-corrected chi connectivity index (χ3v) is 7.99. The SMILES string of the molecule is COc1cc(C)c2cc(Cc3c(Cl)ccc(C(=O)O)c3Cl)n(S(=O)(=O)c3ccccc3)c2c1. The van der Waals surface area contributed by atoms with Crippen LogP contribution in [0.4, 0.5) is 0 Å². The van der Waals surface area contributed by atoms with Crippen LogP contribution in [0.15, 0.2) is 65.6 Å². The number of rotatable bonds is 6. The number of halogens is 2. The molecule has 0 saturated heterocycles. The third-order valence-electron chi connectivity index (χ3n) is 5.42. The largest absolute Gasteiger partial charge is 0.497 e. The summed E-state index contributed by atoms with van der Waals surface area (Å²) >= 11 is 12.7. The number of carboxylic acid groups (broad SMARTS) is 1. The number of benzene rings is 3. The first-order valence-corrected chi connectivity index (χ1v) is 12.0. The van der Waals surface area contributed by atoms with Crippen LogP contribution in [0.25, 0.3) is 10.9 Å². The highest BCUT2D eigenvalue weighted by molar-refractivity contribution is 7.90. The summed E-state index contributed by atoms with van der Waals surface area (Å²) in [5, 5.41) is 10.4. The van der Waals surface area contributed by atoms with Crippen LogP contribution in [0, 0.1) is 6.92 Å². The average molecular weight is 504 g/mol. The fourth-order valence-electron chi connectivity index (χ4n) is 3.81. The maximum absolute atomic E-state index is 13.7. The molecule has 1 heterocycles. The highest BCUT2D eigenvalue weighted by Crippen LogP contribution is 2.35. The monoisotopic (exact) mass is 503 g/mol. The summed E-state index contributed by atoms with van der Waals surface area (Å²) in [6.07, 6.45) is 0.00128. The molecule has 1 aromatic heterocycles. The summed E-state index contributed by atoms with van der Waals surface area (Å²) < 4.78 is 34.1. The summed E-state index contributed by atoms with van der Waals surface area (Å²) in [6, 6.07) is 16.1. The molecule has 170 valence electrons. The Hall–Kier alpha value is -3.00. The molecule has 4 aromatic rings. The lowest BCUT2D eigenvalue weighted by Crippen LogP contribution is -2.16. The van der Waals surface area contributed by atoms with Crippen molar-refractivity contribution in [2.24, 2.45) is 0 Å². The molecule has 0 amide bonds. The smallest absolute Gasteiger partial charge is 0.337 e. The minimum Gasteiger partial charge on any atom is -0.497 e. The van der Waals surface area contributed by atoms with E-state index < -0.39 is 16.0 Å². The van der Waals surface area contributed by atoms with Crippen molar-refractivity contribution in [3.63, 3.8) is 0 Å². The van der Waals surface area contributed by atoms with Gasteiger partial charge in [-0.05, 0) is 54.4 Å². The zero-order valence-electron chi connectivity index (χ0n) is 17.7. The van der Waals surface area contributed by atoms with E-state index in [4.69, 9.17) is 27.9 Å². The van der Waals surface area contributed by atoms with Crippen molar-refractivity contribution >= 4 is 50.1 Å². The molecule has 4 rings (SSSR count). The van der Waals surface area contributed by atoms with E-state index in [1.165, 1.54) is 35.3 Å². The quantitative estimate of drug-likeness (QED) is 0.359. The molecule has 0 aliphatic carbocycles. The van der Waals surface area contributed by atoms with Crippen molar-refractivity contribution in [3.8, 4) is 5.75 Å². The third kappa shape index (κ3) is 4.08. The lowest BCUT2D eigenvalue weighted by Gasteiger charge is -2.15. The molecule has 0 aliphatic heterocycles. The molecular weight excluding hydrogens is 485 g/mol. The number of aryl methyl sites for hydroxylation is 1. The van der Waals surface area contributed by atoms with Crippen LogP contribution < -0.4 is 4.74 Å². The first-order chi connectivity index (χ1) is 15.6. The van der Waals surface area contributed by atoms with Crippen LogP contribution in [-0.2, 0) is 16.4 Å². The van der Waals surface area contributed by atoms with Crippen LogP contribution in [-0.4, -0.2) is 30.6 Å². The van der Waals surface area contributed by atoms with Crippen LogP contribution in [0.3, 0.4) is 0 Å². The van der Waals surface area contributed by atoms with E-state index in [9.17, 15) is 18.3 Å². The molecule has 0 bridgehead atoms. The van der Waals surface area contributed by atoms with Crippen LogP contribution in [0.2, 0.25) is 10.0 Å². The first-order valence-electron chi connectivity index (χ1n) is 9.85. The summed E-state index contributed by atoms with van der Waals surface area (Å²) in [7, 11) is -2.50. The van der Waals surface area contributed by atoms with Gasteiger partial charge >= 0.3 is 5.97 Å². The molecule has 33 heavy (non-hydrogen) atoms. The van der Waals surface area contributed by atoms with Gasteiger partial charge < -0.3 is 9.84 Å². The molecule has 0 spiro atoms. The molecule has 1 N–H and O–H groups in total. The highest BCUT2D eigenvalue weighted by atomic mass is 35.5. The van der Waals surface area contributed by atoms with Crippen molar-refractivity contribution in [2.45, 2.75) is 18.2 Å². The van der Waals surface area contributed by atoms with E-state index in [0.717, 1.165) is 5.56 Å². The van der Waals surface area contributed by atoms with Gasteiger partial charge in [0.1, 0.15) is 5.75 Å². The van der Waals surface area contributed by atoms with Crippen molar-refractivity contribution in [1.29, 1.82) is 0 Å². The van der Waals surface area contributed by atoms with Crippen molar-refractivity contribution in [3.05, 3.63) is 93.1 Å². The van der Waals surface area contributed by atoms with Gasteiger partial charge in [0.05, 0.1) is 28.1 Å². The second-order valence-electron chi connectivity index (χ2n) is 7.46. The summed E-state index contributed by atoms with van der Waals surface area (Å²) in [5.41, 5.74) is 1.87. The van der Waals surface area contributed by atoms with Crippen LogP contribution in [0.1, 0.15) is 27.2 Å². The Kier molecular flexibility index (Phi) is 6.14. The van der Waals surface area contributed by atoms with Gasteiger partial charge in [0.2, 0.25) is 0 Å². The Labute approximate surface area is 201 Å². The number of carboxylic acids is 1. The zero-order chi connectivity index (χ0) is 23.9. The fraction of sp³-hybridized carbons (Fsp3) is 0.125. The van der Waals surface area contributed by atoms with Crippen LogP contribution in [0.5, 0.6) is 5.75 Å². The van der Waals surface area contributed by atoms with Gasteiger partial charge in [-0.1, -0.05) is 41.4 Å². The van der Waals surface area contributed by atoms with Gasteiger partial charge in [-0.2, -0.15) is 0 Å². The second kappa shape index (κ2) is 8.74. The fourth-order valence-corrected chi connectivity index (χ4v) is 5.94. The maximum Gasteiger partial charge on any atom is 0.337 e. The van der Waals surface area contributed by atoms with Gasteiger partial charge in [0.15, 0.2) is 0 Å². The lowest BCUT2D eigenvalue weighted by atomic mass is 10.1. The molecule has 0 radical (unpaired) electrons. The number of ether oxygens (including phenoxy) is 1. The number of aromatic nitrogens is 1. The van der Waals surface area contributed by atoms with Gasteiger partial charge in [0.25, 0.3) is 10.0 Å². The maximum atomic E-state index is 13.7. The average Bonchev–Trinajstić information content (AvgIpc) is 3.16. The molecule has 0 aliphatic rings. The Morgan fingerprint density at radius 2 is 1.76 bits per heavy atom. The Morgan fingerprint density at radius 3 is 2.39 bits per heavy atom. The Morgan fingerprint density at radius 1 is 1.06 bits per heavy atom. The lowest BCUT2D eigenvalue weighted by molar-refractivity contribution is 0.0697. The number of carbonyl (C=O) groups is 1. The molecule has 3 aromatic carbocycles. The predicted molar refractivity (Wildman–Crippen MR) is 128 cm³/mol. The highest BCUT2D eigenvalue weighted by Gasteiger charge is 2.26. The van der Waals surface area contributed by atoms with Gasteiger partial charge in [-0.3, -0.25) is 0 Å². The molecule has 9 heteroatoms. The first kappa shape index (κ1) is 23.2.